The van der Waals surface area contributed by atoms with Crippen molar-refractivity contribution in [1.29, 1.82) is 0 Å². The summed E-state index contributed by atoms with van der Waals surface area (Å²) in [5.74, 6) is -0.0553. The minimum absolute atomic E-state index is 0.0553. The molecule has 0 spiro atoms. The van der Waals surface area contributed by atoms with Gasteiger partial charge in [0.25, 0.3) is 0 Å². The van der Waals surface area contributed by atoms with Gasteiger partial charge in [-0.3, -0.25) is 4.79 Å². The molecule has 0 aliphatic heterocycles. The van der Waals surface area contributed by atoms with E-state index in [1.165, 1.54) is 11.3 Å². The van der Waals surface area contributed by atoms with Gasteiger partial charge in [0.2, 0.25) is 5.91 Å². The number of rotatable bonds is 5. The monoisotopic (exact) mass is 277 g/mol. The number of halogens is 1. The Hall–Kier alpha value is -0.460. The minimum Gasteiger partial charge on any atom is -0.308 e. The van der Waals surface area contributed by atoms with Gasteiger partial charge in [0, 0.05) is 0 Å². The molecular weight excluding hydrogens is 266 g/mol. The van der Waals surface area contributed by atoms with Gasteiger partial charge in [0.15, 0.2) is 5.13 Å². The van der Waals surface area contributed by atoms with Gasteiger partial charge in [-0.2, -0.15) is 0 Å². The summed E-state index contributed by atoms with van der Waals surface area (Å²) in [6.07, 6.45) is 2.69. The van der Waals surface area contributed by atoms with Gasteiger partial charge in [-0.05, 0) is 28.9 Å². The van der Waals surface area contributed by atoms with E-state index in [-0.39, 0.29) is 5.91 Å². The summed E-state index contributed by atoms with van der Waals surface area (Å²) in [4.78, 5) is 15.3. The first-order valence-electron chi connectivity index (χ1n) is 4.34. The number of nitrogens with one attached hydrogen (secondary N) is 2. The van der Waals surface area contributed by atoms with Crippen molar-refractivity contribution in [2.75, 3.05) is 18.4 Å². The molecule has 1 rings (SSSR count). The molecule has 0 unspecified atom stereocenters. The van der Waals surface area contributed by atoms with E-state index in [0.717, 1.165) is 16.8 Å². The van der Waals surface area contributed by atoms with Gasteiger partial charge in [-0.25, -0.2) is 4.98 Å². The van der Waals surface area contributed by atoms with Crippen LogP contribution in [0.4, 0.5) is 5.13 Å². The van der Waals surface area contributed by atoms with Crippen LogP contribution in [0.3, 0.4) is 0 Å². The van der Waals surface area contributed by atoms with Crippen LogP contribution in [-0.2, 0) is 4.79 Å². The molecule has 1 aromatic heterocycles. The molecule has 1 amide bonds. The highest BCUT2D eigenvalue weighted by atomic mass is 79.9. The van der Waals surface area contributed by atoms with Crippen LogP contribution in [0.2, 0.25) is 0 Å². The molecular formula is C8H12BrN3OS. The maximum Gasteiger partial charge on any atom is 0.240 e. The molecule has 2 N–H and O–H groups in total. The number of carbonyl (C=O) groups is 1. The molecule has 0 atom stereocenters. The first-order valence-corrected chi connectivity index (χ1v) is 5.95. The Morgan fingerprint density at radius 1 is 1.71 bits per heavy atom. The van der Waals surface area contributed by atoms with Crippen LogP contribution in [0, 0.1) is 0 Å². The third-order valence-electron chi connectivity index (χ3n) is 1.44. The predicted octanol–water partition coefficient (Wildman–Crippen LogP) is 1.84. The average molecular weight is 278 g/mol. The highest BCUT2D eigenvalue weighted by Crippen LogP contribution is 2.22. The Kier molecular flexibility index (Phi) is 5.06. The highest BCUT2D eigenvalue weighted by molar-refractivity contribution is 9.11. The van der Waals surface area contributed by atoms with Crippen LogP contribution in [0.1, 0.15) is 13.3 Å². The first kappa shape index (κ1) is 11.6. The van der Waals surface area contributed by atoms with Crippen LogP contribution in [0.25, 0.3) is 0 Å². The molecule has 0 saturated carbocycles. The molecule has 1 aromatic rings. The number of amides is 1. The summed E-state index contributed by atoms with van der Waals surface area (Å²) < 4.78 is 0.911. The Bertz CT molecular complexity index is 303. The highest BCUT2D eigenvalue weighted by Gasteiger charge is 2.04. The second-order valence-corrected chi connectivity index (χ2v) is 5.10. The standard InChI is InChI=1S/C8H12BrN3OS/c1-2-3-10-5-7(13)12-8-11-4-6(9)14-8/h4,10H,2-3,5H2,1H3,(H,11,12,13). The van der Waals surface area contributed by atoms with Crippen molar-refractivity contribution in [3.63, 3.8) is 0 Å². The zero-order valence-corrected chi connectivity index (χ0v) is 10.2. The largest absolute Gasteiger partial charge is 0.308 e. The van der Waals surface area contributed by atoms with Crippen molar-refractivity contribution >= 4 is 38.3 Å². The molecule has 0 saturated heterocycles. The lowest BCUT2D eigenvalue weighted by molar-refractivity contribution is -0.115. The van der Waals surface area contributed by atoms with E-state index in [4.69, 9.17) is 0 Å². The fourth-order valence-corrected chi connectivity index (χ4v) is 1.98. The second kappa shape index (κ2) is 6.10. The van der Waals surface area contributed by atoms with Gasteiger partial charge < -0.3 is 10.6 Å². The van der Waals surface area contributed by atoms with Crippen molar-refractivity contribution in [2.24, 2.45) is 0 Å². The van der Waals surface area contributed by atoms with Crippen LogP contribution < -0.4 is 10.6 Å². The van der Waals surface area contributed by atoms with Crippen LogP contribution >= 0.6 is 27.3 Å². The summed E-state index contributed by atoms with van der Waals surface area (Å²) in [5.41, 5.74) is 0. The van der Waals surface area contributed by atoms with Crippen molar-refractivity contribution in [3.8, 4) is 0 Å². The first-order chi connectivity index (χ1) is 6.72. The lowest BCUT2D eigenvalue weighted by atomic mass is 10.4. The zero-order valence-electron chi connectivity index (χ0n) is 7.84. The van der Waals surface area contributed by atoms with Crippen molar-refractivity contribution in [3.05, 3.63) is 9.98 Å². The third kappa shape index (κ3) is 4.17. The number of hydrogen-bond acceptors (Lipinski definition) is 4. The topological polar surface area (TPSA) is 54.0 Å². The van der Waals surface area contributed by atoms with E-state index < -0.39 is 0 Å². The fourth-order valence-electron chi connectivity index (χ4n) is 0.854. The van der Waals surface area contributed by atoms with Crippen molar-refractivity contribution in [2.45, 2.75) is 13.3 Å². The number of thiazole rings is 1. The van der Waals surface area contributed by atoms with Crippen LogP contribution in [0.5, 0.6) is 0 Å². The van der Waals surface area contributed by atoms with Crippen molar-refractivity contribution in [1.82, 2.24) is 10.3 Å². The lowest BCUT2D eigenvalue weighted by Crippen LogP contribution is -2.28. The van der Waals surface area contributed by atoms with Crippen LogP contribution in [0.15, 0.2) is 9.98 Å². The molecule has 0 aliphatic carbocycles. The van der Waals surface area contributed by atoms with E-state index in [1.54, 1.807) is 6.20 Å². The Balaban J connectivity index is 2.27. The second-order valence-electron chi connectivity index (χ2n) is 2.69. The van der Waals surface area contributed by atoms with Gasteiger partial charge in [0.05, 0.1) is 16.5 Å². The molecule has 4 nitrogen and oxygen atoms in total. The summed E-state index contributed by atoms with van der Waals surface area (Å²) >= 11 is 4.68. The summed E-state index contributed by atoms with van der Waals surface area (Å²) in [7, 11) is 0. The SMILES string of the molecule is CCCNCC(=O)Nc1ncc(Br)s1. The molecule has 0 fully saturated rings. The molecule has 0 aromatic carbocycles. The zero-order chi connectivity index (χ0) is 10.4. The summed E-state index contributed by atoms with van der Waals surface area (Å²) in [6, 6.07) is 0. The molecule has 78 valence electrons. The van der Waals surface area contributed by atoms with Gasteiger partial charge in [-0.1, -0.05) is 18.3 Å². The van der Waals surface area contributed by atoms with E-state index >= 15 is 0 Å². The normalized spacial score (nSPS) is 10.1. The maximum absolute atomic E-state index is 11.3. The third-order valence-corrected chi connectivity index (χ3v) is 2.83. The van der Waals surface area contributed by atoms with Gasteiger partial charge in [-0.15, -0.1) is 0 Å². The minimum atomic E-state index is -0.0553. The molecule has 0 bridgehead atoms. The smallest absolute Gasteiger partial charge is 0.240 e. The lowest BCUT2D eigenvalue weighted by Gasteiger charge is -2.02. The predicted molar refractivity (Wildman–Crippen MR) is 61.6 cm³/mol. The molecule has 6 heteroatoms. The van der Waals surface area contributed by atoms with Crippen molar-refractivity contribution < 1.29 is 4.79 Å². The van der Waals surface area contributed by atoms with Gasteiger partial charge >= 0.3 is 0 Å². The maximum atomic E-state index is 11.3. The number of anilines is 1. The Morgan fingerprint density at radius 3 is 3.07 bits per heavy atom. The van der Waals surface area contributed by atoms with Gasteiger partial charge in [0.1, 0.15) is 0 Å². The summed E-state index contributed by atoms with van der Waals surface area (Å²) in [5, 5.41) is 6.34. The average Bonchev–Trinajstić information content (AvgIpc) is 2.52. The quantitative estimate of drug-likeness (QED) is 0.808. The molecule has 1 heterocycles. The molecule has 14 heavy (non-hydrogen) atoms. The number of aromatic nitrogens is 1. The molecule has 0 aliphatic rings. The Labute approximate surface area is 95.2 Å². The number of carbonyl (C=O) groups excluding carboxylic acids is 1. The van der Waals surface area contributed by atoms with Crippen LogP contribution in [-0.4, -0.2) is 24.0 Å². The van der Waals surface area contributed by atoms with E-state index in [2.05, 4.69) is 38.5 Å². The Morgan fingerprint density at radius 2 is 2.50 bits per heavy atom. The number of hydrogen-bond donors (Lipinski definition) is 2. The molecule has 0 radical (unpaired) electrons. The van der Waals surface area contributed by atoms with E-state index in [0.29, 0.717) is 11.7 Å². The van der Waals surface area contributed by atoms with E-state index in [9.17, 15) is 4.79 Å². The summed E-state index contributed by atoms with van der Waals surface area (Å²) in [6.45, 7) is 3.25. The fraction of sp³-hybridized carbons (Fsp3) is 0.500. The van der Waals surface area contributed by atoms with E-state index in [1.807, 2.05) is 0 Å². The number of nitrogens with zero attached hydrogens (tertiary/aromatic N) is 1.